The first-order chi connectivity index (χ1) is 11.6. The molecule has 7 nitrogen and oxygen atoms in total. The van der Waals surface area contributed by atoms with Crippen LogP contribution in [0.3, 0.4) is 0 Å². The Hall–Kier alpha value is -1.99. The third-order valence-electron chi connectivity index (χ3n) is 4.92. The smallest absolute Gasteiger partial charge is 0.148 e. The molecule has 0 aromatic carbocycles. The lowest BCUT2D eigenvalue weighted by Gasteiger charge is -2.23. The summed E-state index contributed by atoms with van der Waals surface area (Å²) in [7, 11) is 1.96. The van der Waals surface area contributed by atoms with Gasteiger partial charge in [-0.3, -0.25) is 9.58 Å². The zero-order valence-corrected chi connectivity index (χ0v) is 14.3. The van der Waals surface area contributed by atoms with Crippen LogP contribution < -0.4 is 5.32 Å². The van der Waals surface area contributed by atoms with Crippen LogP contribution in [0.2, 0.25) is 0 Å². The quantitative estimate of drug-likeness (QED) is 0.914. The van der Waals surface area contributed by atoms with E-state index in [1.165, 1.54) is 5.56 Å². The molecule has 4 heterocycles. The van der Waals surface area contributed by atoms with E-state index in [9.17, 15) is 0 Å². The highest BCUT2D eigenvalue weighted by Gasteiger charge is 2.45. The second-order valence-corrected chi connectivity index (χ2v) is 7.08. The number of likely N-dealkylation sites (tertiary alicyclic amines) is 1. The van der Waals surface area contributed by atoms with Gasteiger partial charge in [-0.05, 0) is 25.5 Å². The first-order valence-corrected chi connectivity index (χ1v) is 8.51. The Morgan fingerprint density at radius 1 is 1.38 bits per heavy atom. The van der Waals surface area contributed by atoms with Crippen molar-refractivity contribution >= 4 is 5.82 Å². The van der Waals surface area contributed by atoms with Crippen molar-refractivity contribution in [3.05, 3.63) is 35.8 Å². The summed E-state index contributed by atoms with van der Waals surface area (Å²) < 4.78 is 8.07. The van der Waals surface area contributed by atoms with E-state index in [1.807, 2.05) is 37.0 Å². The van der Waals surface area contributed by atoms with E-state index in [4.69, 9.17) is 4.74 Å². The minimum absolute atomic E-state index is 0.0159. The molecule has 2 fully saturated rings. The van der Waals surface area contributed by atoms with Gasteiger partial charge in [-0.15, -0.1) is 5.10 Å². The van der Waals surface area contributed by atoms with Crippen LogP contribution in [0.5, 0.6) is 0 Å². The van der Waals surface area contributed by atoms with Gasteiger partial charge in [0.1, 0.15) is 5.82 Å². The SMILES string of the molecule is Cc1ccc(N[C@H]2CO[C@@]3(CCN(Cc4cnn(C)c4)C3)C2)nn1. The van der Waals surface area contributed by atoms with Crippen molar-refractivity contribution < 1.29 is 4.74 Å². The van der Waals surface area contributed by atoms with Gasteiger partial charge >= 0.3 is 0 Å². The van der Waals surface area contributed by atoms with E-state index in [2.05, 4.69) is 31.7 Å². The molecule has 128 valence electrons. The standard InChI is InChI=1S/C17H24N6O/c1-13-3-4-16(21-20-13)19-15-7-17(24-11-15)5-6-23(12-17)10-14-8-18-22(2)9-14/h3-4,8-9,15H,5-7,10-12H2,1-2H3,(H,19,21)/t15-,17+/m1/s1. The molecule has 0 amide bonds. The van der Waals surface area contributed by atoms with Crippen LogP contribution in [0.25, 0.3) is 0 Å². The van der Waals surface area contributed by atoms with E-state index in [1.54, 1.807) is 0 Å². The normalized spacial score (nSPS) is 27.2. The van der Waals surface area contributed by atoms with Gasteiger partial charge in [0.2, 0.25) is 0 Å². The van der Waals surface area contributed by atoms with Gasteiger partial charge in [-0.1, -0.05) is 0 Å². The van der Waals surface area contributed by atoms with Crippen molar-refractivity contribution in [2.45, 2.75) is 38.0 Å². The monoisotopic (exact) mass is 328 g/mol. The van der Waals surface area contributed by atoms with E-state index in [0.29, 0.717) is 6.04 Å². The van der Waals surface area contributed by atoms with Crippen LogP contribution in [0, 0.1) is 6.92 Å². The van der Waals surface area contributed by atoms with Crippen molar-refractivity contribution in [2.75, 3.05) is 25.0 Å². The maximum Gasteiger partial charge on any atom is 0.148 e. The van der Waals surface area contributed by atoms with Crippen LogP contribution in [0.1, 0.15) is 24.1 Å². The minimum Gasteiger partial charge on any atom is -0.371 e. The minimum atomic E-state index is -0.0159. The van der Waals surface area contributed by atoms with Crippen molar-refractivity contribution in [2.24, 2.45) is 7.05 Å². The zero-order chi connectivity index (χ0) is 16.6. The lowest BCUT2D eigenvalue weighted by atomic mass is 9.97. The molecule has 0 bridgehead atoms. The fourth-order valence-corrected chi connectivity index (χ4v) is 3.78. The summed E-state index contributed by atoms with van der Waals surface area (Å²) in [5.41, 5.74) is 2.18. The molecular formula is C17H24N6O. The van der Waals surface area contributed by atoms with Gasteiger partial charge in [0, 0.05) is 44.9 Å². The number of rotatable bonds is 4. The maximum atomic E-state index is 6.21. The Labute approximate surface area is 142 Å². The highest BCUT2D eigenvalue weighted by atomic mass is 16.5. The molecule has 2 aromatic rings. The molecule has 4 rings (SSSR count). The molecule has 1 spiro atoms. The Morgan fingerprint density at radius 2 is 2.29 bits per heavy atom. The summed E-state index contributed by atoms with van der Waals surface area (Å²) in [4.78, 5) is 2.46. The van der Waals surface area contributed by atoms with Crippen LogP contribution in [-0.4, -0.2) is 56.2 Å². The number of aromatic nitrogens is 4. The highest BCUT2D eigenvalue weighted by molar-refractivity contribution is 5.34. The molecule has 24 heavy (non-hydrogen) atoms. The van der Waals surface area contributed by atoms with Crippen LogP contribution in [0.4, 0.5) is 5.82 Å². The molecule has 1 N–H and O–H groups in total. The highest BCUT2D eigenvalue weighted by Crippen LogP contribution is 2.36. The van der Waals surface area contributed by atoms with Crippen molar-refractivity contribution in [1.82, 2.24) is 24.9 Å². The summed E-state index contributed by atoms with van der Waals surface area (Å²) in [6.07, 6.45) is 6.14. The second-order valence-electron chi connectivity index (χ2n) is 7.08. The second kappa shape index (κ2) is 6.14. The first kappa shape index (κ1) is 15.5. The number of hydrogen-bond acceptors (Lipinski definition) is 6. The summed E-state index contributed by atoms with van der Waals surface area (Å²) in [6, 6.07) is 4.27. The average molecular weight is 328 g/mol. The summed E-state index contributed by atoms with van der Waals surface area (Å²) in [5.74, 6) is 0.830. The van der Waals surface area contributed by atoms with Gasteiger partial charge in [0.05, 0.1) is 30.1 Å². The lowest BCUT2D eigenvalue weighted by Crippen LogP contribution is -2.33. The molecule has 0 unspecified atom stereocenters. The van der Waals surface area contributed by atoms with Crippen molar-refractivity contribution in [1.29, 1.82) is 0 Å². The Balaban J connectivity index is 1.33. The molecule has 0 radical (unpaired) electrons. The molecule has 2 aliphatic heterocycles. The number of nitrogens with one attached hydrogen (secondary N) is 1. The lowest BCUT2D eigenvalue weighted by molar-refractivity contribution is 0.0120. The summed E-state index contributed by atoms with van der Waals surface area (Å²) in [6.45, 7) is 5.68. The summed E-state index contributed by atoms with van der Waals surface area (Å²) in [5, 5.41) is 16.0. The molecule has 0 saturated carbocycles. The Morgan fingerprint density at radius 3 is 3.04 bits per heavy atom. The number of ether oxygens (including phenoxy) is 1. The zero-order valence-electron chi connectivity index (χ0n) is 14.3. The fourth-order valence-electron chi connectivity index (χ4n) is 3.78. The molecule has 7 heteroatoms. The number of aryl methyl sites for hydroxylation is 2. The molecule has 0 aliphatic carbocycles. The number of nitrogens with zero attached hydrogens (tertiary/aromatic N) is 5. The molecule has 2 atom stereocenters. The van der Waals surface area contributed by atoms with Gasteiger partial charge in [0.25, 0.3) is 0 Å². The van der Waals surface area contributed by atoms with Crippen molar-refractivity contribution in [3.8, 4) is 0 Å². The topological polar surface area (TPSA) is 68.1 Å². The van der Waals surface area contributed by atoms with Crippen LogP contribution >= 0.6 is 0 Å². The van der Waals surface area contributed by atoms with Crippen molar-refractivity contribution in [3.63, 3.8) is 0 Å². The van der Waals surface area contributed by atoms with Crippen LogP contribution in [-0.2, 0) is 18.3 Å². The average Bonchev–Trinajstić information content (AvgIpc) is 3.25. The van der Waals surface area contributed by atoms with Gasteiger partial charge in [-0.25, -0.2) is 0 Å². The summed E-state index contributed by atoms with van der Waals surface area (Å²) >= 11 is 0. The maximum absolute atomic E-state index is 6.21. The van der Waals surface area contributed by atoms with Crippen LogP contribution in [0.15, 0.2) is 24.5 Å². The third-order valence-corrected chi connectivity index (χ3v) is 4.92. The molecular weight excluding hydrogens is 304 g/mol. The van der Waals surface area contributed by atoms with Gasteiger partial charge in [0.15, 0.2) is 0 Å². The Bertz CT molecular complexity index is 699. The van der Waals surface area contributed by atoms with E-state index in [-0.39, 0.29) is 5.60 Å². The predicted octanol–water partition coefficient (Wildman–Crippen LogP) is 1.36. The van der Waals surface area contributed by atoms with Gasteiger partial charge < -0.3 is 10.1 Å². The Kier molecular flexibility index (Phi) is 3.97. The first-order valence-electron chi connectivity index (χ1n) is 8.51. The number of anilines is 1. The molecule has 2 aliphatic rings. The van der Waals surface area contributed by atoms with E-state index < -0.39 is 0 Å². The largest absolute Gasteiger partial charge is 0.371 e. The fraction of sp³-hybridized carbons (Fsp3) is 0.588. The predicted molar refractivity (Wildman–Crippen MR) is 90.6 cm³/mol. The molecule has 2 aromatic heterocycles. The molecule has 2 saturated heterocycles. The van der Waals surface area contributed by atoms with E-state index >= 15 is 0 Å². The van der Waals surface area contributed by atoms with Gasteiger partial charge in [-0.2, -0.15) is 10.2 Å². The number of hydrogen-bond donors (Lipinski definition) is 1. The van der Waals surface area contributed by atoms with E-state index in [0.717, 1.165) is 50.6 Å². The third kappa shape index (κ3) is 3.27.